The number of hydrogen-bond donors (Lipinski definition) is 1. The summed E-state index contributed by atoms with van der Waals surface area (Å²) in [7, 11) is 4.03. The number of amidine groups is 1. The van der Waals surface area contributed by atoms with Crippen molar-refractivity contribution >= 4 is 46.1 Å². The number of aliphatic imine (C=N–C) groups is 1. The van der Waals surface area contributed by atoms with Crippen LogP contribution < -0.4 is 10.3 Å². The molecule has 4 nitrogen and oxygen atoms in total. The highest BCUT2D eigenvalue weighted by Crippen LogP contribution is 2.29. The van der Waals surface area contributed by atoms with Gasteiger partial charge in [-0.3, -0.25) is 5.43 Å². The fraction of sp³-hybridized carbons (Fsp3) is 0.0909. The highest BCUT2D eigenvalue weighted by molar-refractivity contribution is 6.32. The summed E-state index contributed by atoms with van der Waals surface area (Å²) in [5.74, 6) is 0.653. The largest absolute Gasteiger partial charge is 0.378 e. The first-order valence-electron chi connectivity index (χ1n) is 8.77. The third kappa shape index (κ3) is 3.75. The molecule has 1 N–H and O–H groups in total. The molecule has 0 atom stereocenters. The van der Waals surface area contributed by atoms with Crippen molar-refractivity contribution < 1.29 is 0 Å². The molecule has 1 aliphatic heterocycles. The summed E-state index contributed by atoms with van der Waals surface area (Å²) in [6.07, 6.45) is 0. The second kappa shape index (κ2) is 7.66. The van der Waals surface area contributed by atoms with Gasteiger partial charge in [0.25, 0.3) is 0 Å². The van der Waals surface area contributed by atoms with Gasteiger partial charge >= 0.3 is 0 Å². The predicted octanol–water partition coefficient (Wildman–Crippen LogP) is 5.49. The van der Waals surface area contributed by atoms with Crippen molar-refractivity contribution in [2.24, 2.45) is 10.1 Å². The summed E-state index contributed by atoms with van der Waals surface area (Å²) in [5.41, 5.74) is 8.58. The second-order valence-electron chi connectivity index (χ2n) is 6.64. The van der Waals surface area contributed by atoms with Gasteiger partial charge in [0.1, 0.15) is 5.71 Å². The number of hydrazone groups is 1. The number of benzene rings is 3. The molecule has 6 heteroatoms. The zero-order valence-electron chi connectivity index (χ0n) is 15.4. The molecule has 140 valence electrons. The highest BCUT2D eigenvalue weighted by atomic mass is 35.5. The molecule has 3 aromatic rings. The Hall–Kier alpha value is -2.82. The maximum atomic E-state index is 6.28. The molecule has 28 heavy (non-hydrogen) atoms. The van der Waals surface area contributed by atoms with E-state index in [2.05, 4.69) is 27.6 Å². The van der Waals surface area contributed by atoms with E-state index in [1.165, 1.54) is 0 Å². The van der Waals surface area contributed by atoms with E-state index >= 15 is 0 Å². The molecule has 3 aromatic carbocycles. The minimum Gasteiger partial charge on any atom is -0.378 e. The van der Waals surface area contributed by atoms with Gasteiger partial charge in [-0.05, 0) is 54.6 Å². The van der Waals surface area contributed by atoms with Gasteiger partial charge in [0.15, 0.2) is 5.84 Å². The number of rotatable bonds is 3. The van der Waals surface area contributed by atoms with Crippen LogP contribution in [0.25, 0.3) is 0 Å². The summed E-state index contributed by atoms with van der Waals surface area (Å²) < 4.78 is 0. The number of anilines is 1. The number of halogens is 2. The Balaban J connectivity index is 1.81. The van der Waals surface area contributed by atoms with Gasteiger partial charge in [-0.1, -0.05) is 35.3 Å². The Labute approximate surface area is 174 Å². The highest BCUT2D eigenvalue weighted by Gasteiger charge is 2.18. The molecule has 1 aliphatic rings. The van der Waals surface area contributed by atoms with Gasteiger partial charge in [-0.2, -0.15) is 5.10 Å². The smallest absolute Gasteiger partial charge is 0.154 e. The monoisotopic (exact) mass is 408 g/mol. The van der Waals surface area contributed by atoms with E-state index in [1.54, 1.807) is 0 Å². The molecule has 1 heterocycles. The maximum Gasteiger partial charge on any atom is 0.154 e. The van der Waals surface area contributed by atoms with Crippen LogP contribution in [0.15, 0.2) is 76.8 Å². The van der Waals surface area contributed by atoms with Crippen LogP contribution in [-0.2, 0) is 0 Å². The number of hydrogen-bond acceptors (Lipinski definition) is 4. The van der Waals surface area contributed by atoms with E-state index in [0.717, 1.165) is 33.8 Å². The third-order valence-electron chi connectivity index (χ3n) is 4.49. The zero-order chi connectivity index (χ0) is 19.7. The number of nitrogens with zero attached hydrogens (tertiary/aromatic N) is 3. The minimum absolute atomic E-state index is 0.640. The van der Waals surface area contributed by atoms with Crippen LogP contribution >= 0.6 is 23.2 Å². The molecule has 0 unspecified atom stereocenters. The Bertz CT molecular complexity index is 1070. The first kappa shape index (κ1) is 18.5. The van der Waals surface area contributed by atoms with Crippen LogP contribution in [0.4, 0.5) is 11.4 Å². The maximum absolute atomic E-state index is 6.28. The molecule has 0 radical (unpaired) electrons. The number of nitrogens with one attached hydrogen (secondary N) is 1. The minimum atomic E-state index is 0.640. The summed E-state index contributed by atoms with van der Waals surface area (Å²) >= 11 is 12.3. The van der Waals surface area contributed by atoms with E-state index in [1.807, 2.05) is 68.7 Å². The fourth-order valence-corrected chi connectivity index (χ4v) is 3.28. The van der Waals surface area contributed by atoms with Gasteiger partial charge in [0.2, 0.25) is 0 Å². The second-order valence-corrected chi connectivity index (χ2v) is 7.52. The first-order valence-corrected chi connectivity index (χ1v) is 9.53. The van der Waals surface area contributed by atoms with Crippen molar-refractivity contribution in [3.05, 3.63) is 93.5 Å². The van der Waals surface area contributed by atoms with Crippen LogP contribution in [0.2, 0.25) is 10.0 Å². The molecular weight excluding hydrogens is 391 g/mol. The third-order valence-corrected chi connectivity index (χ3v) is 4.98. The summed E-state index contributed by atoms with van der Waals surface area (Å²) in [4.78, 5) is 6.84. The Kier molecular flexibility index (Phi) is 5.07. The number of fused-ring (bicyclic) bond motifs is 1. The lowest BCUT2D eigenvalue weighted by molar-refractivity contribution is 1.03. The van der Waals surface area contributed by atoms with Crippen LogP contribution in [0.5, 0.6) is 0 Å². The van der Waals surface area contributed by atoms with Crippen LogP contribution in [0, 0.1) is 0 Å². The van der Waals surface area contributed by atoms with Crippen LogP contribution in [0.1, 0.15) is 16.7 Å². The molecule has 0 aliphatic carbocycles. The van der Waals surface area contributed by atoms with E-state index in [0.29, 0.717) is 15.9 Å². The fourth-order valence-electron chi connectivity index (χ4n) is 2.98. The van der Waals surface area contributed by atoms with Crippen LogP contribution in [-0.4, -0.2) is 25.6 Å². The molecule has 0 amide bonds. The first-order chi connectivity index (χ1) is 13.5. The van der Waals surface area contributed by atoms with E-state index < -0.39 is 0 Å². The lowest BCUT2D eigenvalue weighted by Crippen LogP contribution is -2.19. The molecule has 0 saturated carbocycles. The van der Waals surface area contributed by atoms with E-state index in [9.17, 15) is 0 Å². The van der Waals surface area contributed by atoms with E-state index in [4.69, 9.17) is 28.2 Å². The van der Waals surface area contributed by atoms with Crippen molar-refractivity contribution in [1.82, 2.24) is 5.43 Å². The van der Waals surface area contributed by atoms with Crippen LogP contribution in [0.3, 0.4) is 0 Å². The topological polar surface area (TPSA) is 40.0 Å². The van der Waals surface area contributed by atoms with Gasteiger partial charge in [-0.25, -0.2) is 4.99 Å². The molecule has 0 aromatic heterocycles. The summed E-state index contributed by atoms with van der Waals surface area (Å²) in [5, 5.41) is 5.98. The average Bonchev–Trinajstić information content (AvgIpc) is 2.88. The van der Waals surface area contributed by atoms with Gasteiger partial charge in [-0.15, -0.1) is 0 Å². The van der Waals surface area contributed by atoms with Crippen molar-refractivity contribution in [2.45, 2.75) is 0 Å². The normalized spacial score (nSPS) is 13.0. The molecule has 4 rings (SSSR count). The van der Waals surface area contributed by atoms with Crippen molar-refractivity contribution in [2.75, 3.05) is 19.0 Å². The predicted molar refractivity (Wildman–Crippen MR) is 119 cm³/mol. The van der Waals surface area contributed by atoms with Crippen molar-refractivity contribution in [1.29, 1.82) is 0 Å². The summed E-state index contributed by atoms with van der Waals surface area (Å²) in [6.45, 7) is 0. The molecule has 0 fully saturated rings. The molecule has 0 bridgehead atoms. The molecular formula is C22H18Cl2N4. The zero-order valence-corrected chi connectivity index (χ0v) is 17.0. The summed E-state index contributed by atoms with van der Waals surface area (Å²) in [6, 6.07) is 21.4. The van der Waals surface area contributed by atoms with Crippen molar-refractivity contribution in [3.63, 3.8) is 0 Å². The van der Waals surface area contributed by atoms with Crippen molar-refractivity contribution in [3.8, 4) is 0 Å². The SMILES string of the molecule is CN(C)c1ccc(C2=NNC(c3ccc(Cl)cc3)=Nc3ccc(Cl)cc32)cc1. The molecule has 0 saturated heterocycles. The Morgan fingerprint density at radius 2 is 1.43 bits per heavy atom. The molecule has 0 spiro atoms. The quantitative estimate of drug-likeness (QED) is 0.621. The Morgan fingerprint density at radius 1 is 0.786 bits per heavy atom. The van der Waals surface area contributed by atoms with Gasteiger partial charge in [0, 0.05) is 46.5 Å². The van der Waals surface area contributed by atoms with Gasteiger partial charge in [0.05, 0.1) is 5.69 Å². The average molecular weight is 409 g/mol. The Morgan fingerprint density at radius 3 is 2.11 bits per heavy atom. The van der Waals surface area contributed by atoms with E-state index in [-0.39, 0.29) is 0 Å². The lowest BCUT2D eigenvalue weighted by atomic mass is 10.0. The van der Waals surface area contributed by atoms with Gasteiger partial charge < -0.3 is 4.90 Å². The lowest BCUT2D eigenvalue weighted by Gasteiger charge is -2.13. The standard InChI is InChI=1S/C22H18Cl2N4/c1-28(2)18-10-5-14(6-11-18)21-19-13-17(24)9-12-20(19)25-22(27-26-21)15-3-7-16(23)8-4-15/h3-13H,1-2H3,(H,25,27).